The Morgan fingerprint density at radius 2 is 1.81 bits per heavy atom. The van der Waals surface area contributed by atoms with E-state index in [0.29, 0.717) is 17.3 Å². The Labute approximate surface area is 157 Å². The molecule has 0 radical (unpaired) electrons. The van der Waals surface area contributed by atoms with Gasteiger partial charge < -0.3 is 9.88 Å². The third-order valence-electron chi connectivity index (χ3n) is 4.57. The Morgan fingerprint density at radius 1 is 1.04 bits per heavy atom. The van der Waals surface area contributed by atoms with E-state index < -0.39 is 0 Å². The van der Waals surface area contributed by atoms with Gasteiger partial charge in [-0.05, 0) is 49.6 Å². The van der Waals surface area contributed by atoms with Gasteiger partial charge in [-0.25, -0.2) is 0 Å². The van der Waals surface area contributed by atoms with Crippen molar-refractivity contribution in [1.29, 1.82) is 0 Å². The molecule has 1 N–H and O–H groups in total. The van der Waals surface area contributed by atoms with E-state index in [4.69, 9.17) is 11.6 Å². The topological polar surface area (TPSA) is 51.1 Å². The van der Waals surface area contributed by atoms with Crippen LogP contribution in [-0.4, -0.2) is 10.5 Å². The summed E-state index contributed by atoms with van der Waals surface area (Å²) in [6, 6.07) is 13.0. The smallest absolute Gasteiger partial charge is 0.251 e. The van der Waals surface area contributed by atoms with Gasteiger partial charge in [-0.15, -0.1) is 0 Å². The molecule has 0 unspecified atom stereocenters. The molecule has 0 aliphatic carbocycles. The Kier molecular flexibility index (Phi) is 5.14. The van der Waals surface area contributed by atoms with Crippen molar-refractivity contribution in [1.82, 2.24) is 4.57 Å². The van der Waals surface area contributed by atoms with Gasteiger partial charge in [0, 0.05) is 35.1 Å². The predicted molar refractivity (Wildman–Crippen MR) is 107 cm³/mol. The molecule has 134 valence electrons. The first-order valence-electron chi connectivity index (χ1n) is 8.52. The molecule has 0 aliphatic heterocycles. The second-order valence-electron chi connectivity index (χ2n) is 6.55. The lowest BCUT2D eigenvalue weighted by Gasteiger charge is -2.14. The van der Waals surface area contributed by atoms with Crippen LogP contribution in [0.4, 0.5) is 5.69 Å². The summed E-state index contributed by atoms with van der Waals surface area (Å²) < 4.78 is 1.68. The standard InChI is InChI=1S/C21H21ClN2O2/c1-13-7-8-16(22)12-18(13)23-19(25)9-10-24-20(26)11-15(3)17-6-4-5-14(2)21(17)24/h4-8,11-12H,9-10H2,1-3H3,(H,23,25). The fraction of sp³-hybridized carbons (Fsp3) is 0.238. The Hall–Kier alpha value is -2.59. The minimum absolute atomic E-state index is 0.0870. The van der Waals surface area contributed by atoms with Gasteiger partial charge in [0.15, 0.2) is 0 Å². The number of carbonyl (C=O) groups excluding carboxylic acids is 1. The molecule has 0 fully saturated rings. The first-order chi connectivity index (χ1) is 12.4. The summed E-state index contributed by atoms with van der Waals surface area (Å²) in [5.41, 5.74) is 4.41. The first-order valence-corrected chi connectivity index (χ1v) is 8.90. The molecule has 0 saturated heterocycles. The van der Waals surface area contributed by atoms with Crippen LogP contribution in [0.2, 0.25) is 5.02 Å². The molecule has 5 heteroatoms. The SMILES string of the molecule is Cc1ccc(Cl)cc1NC(=O)CCn1c(=O)cc(C)c2cccc(C)c21. The van der Waals surface area contributed by atoms with Crippen molar-refractivity contribution in [3.63, 3.8) is 0 Å². The number of rotatable bonds is 4. The molecule has 4 nitrogen and oxygen atoms in total. The Morgan fingerprint density at radius 3 is 2.58 bits per heavy atom. The average Bonchev–Trinajstić information content (AvgIpc) is 2.58. The number of nitrogens with one attached hydrogen (secondary N) is 1. The number of hydrogen-bond acceptors (Lipinski definition) is 2. The Bertz CT molecular complexity index is 1050. The van der Waals surface area contributed by atoms with Crippen molar-refractivity contribution in [2.45, 2.75) is 33.7 Å². The summed E-state index contributed by atoms with van der Waals surface area (Å²) in [4.78, 5) is 24.9. The third kappa shape index (κ3) is 3.65. The number of aryl methyl sites for hydroxylation is 4. The van der Waals surface area contributed by atoms with Crippen molar-refractivity contribution in [3.8, 4) is 0 Å². The summed E-state index contributed by atoms with van der Waals surface area (Å²) in [6.45, 7) is 6.15. The highest BCUT2D eigenvalue weighted by Gasteiger charge is 2.11. The number of carbonyl (C=O) groups is 1. The fourth-order valence-corrected chi connectivity index (χ4v) is 3.34. The third-order valence-corrected chi connectivity index (χ3v) is 4.81. The van der Waals surface area contributed by atoms with Crippen LogP contribution in [-0.2, 0) is 11.3 Å². The molecule has 0 saturated carbocycles. The van der Waals surface area contributed by atoms with E-state index in [0.717, 1.165) is 27.6 Å². The number of benzene rings is 2. The lowest BCUT2D eigenvalue weighted by atomic mass is 10.1. The molecule has 0 bridgehead atoms. The van der Waals surface area contributed by atoms with Gasteiger partial charge in [0.2, 0.25) is 5.91 Å². The highest BCUT2D eigenvalue weighted by Crippen LogP contribution is 2.22. The molecule has 1 amide bonds. The van der Waals surface area contributed by atoms with Crippen molar-refractivity contribution in [3.05, 3.63) is 74.5 Å². The van der Waals surface area contributed by atoms with Crippen molar-refractivity contribution in [2.24, 2.45) is 0 Å². The van der Waals surface area contributed by atoms with Gasteiger partial charge >= 0.3 is 0 Å². The van der Waals surface area contributed by atoms with Crippen LogP contribution < -0.4 is 10.9 Å². The zero-order chi connectivity index (χ0) is 18.8. The molecule has 0 spiro atoms. The highest BCUT2D eigenvalue weighted by molar-refractivity contribution is 6.31. The van der Waals surface area contributed by atoms with E-state index in [1.54, 1.807) is 22.8 Å². The molecule has 3 aromatic rings. The summed E-state index contributed by atoms with van der Waals surface area (Å²) in [5, 5.41) is 4.49. The fourth-order valence-electron chi connectivity index (χ4n) is 3.16. The van der Waals surface area contributed by atoms with Crippen molar-refractivity contribution >= 4 is 34.1 Å². The largest absolute Gasteiger partial charge is 0.326 e. The van der Waals surface area contributed by atoms with E-state index >= 15 is 0 Å². The lowest BCUT2D eigenvalue weighted by Crippen LogP contribution is -2.24. The maximum atomic E-state index is 12.5. The maximum Gasteiger partial charge on any atom is 0.251 e. The average molecular weight is 369 g/mol. The quantitative estimate of drug-likeness (QED) is 0.731. The normalized spacial score (nSPS) is 10.9. The summed E-state index contributed by atoms with van der Waals surface area (Å²) in [5.74, 6) is -0.149. The van der Waals surface area contributed by atoms with E-state index in [1.165, 1.54) is 0 Å². The highest BCUT2D eigenvalue weighted by atomic mass is 35.5. The zero-order valence-electron chi connectivity index (χ0n) is 15.1. The molecule has 2 aromatic carbocycles. The molecular weight excluding hydrogens is 348 g/mol. The van der Waals surface area contributed by atoms with Crippen LogP contribution in [0, 0.1) is 20.8 Å². The molecule has 0 aliphatic rings. The number of pyridine rings is 1. The van der Waals surface area contributed by atoms with Crippen LogP contribution in [0.5, 0.6) is 0 Å². The number of fused-ring (bicyclic) bond motifs is 1. The molecule has 0 atom stereocenters. The second-order valence-corrected chi connectivity index (χ2v) is 6.98. The van der Waals surface area contributed by atoms with Gasteiger partial charge in [-0.2, -0.15) is 0 Å². The number of nitrogens with zero attached hydrogens (tertiary/aromatic N) is 1. The monoisotopic (exact) mass is 368 g/mol. The van der Waals surface area contributed by atoms with E-state index in [1.807, 2.05) is 45.0 Å². The van der Waals surface area contributed by atoms with Gasteiger partial charge in [-0.3, -0.25) is 9.59 Å². The van der Waals surface area contributed by atoms with Gasteiger partial charge in [0.1, 0.15) is 0 Å². The van der Waals surface area contributed by atoms with Crippen LogP contribution in [0.25, 0.3) is 10.9 Å². The van der Waals surface area contributed by atoms with Crippen molar-refractivity contribution in [2.75, 3.05) is 5.32 Å². The number of anilines is 1. The maximum absolute atomic E-state index is 12.5. The number of aromatic nitrogens is 1. The van der Waals surface area contributed by atoms with Gasteiger partial charge in [0.05, 0.1) is 5.52 Å². The molecule has 3 rings (SSSR count). The predicted octanol–water partition coefficient (Wildman–Crippen LogP) is 4.61. The van der Waals surface area contributed by atoms with Crippen LogP contribution in [0.15, 0.2) is 47.3 Å². The minimum Gasteiger partial charge on any atom is -0.326 e. The number of hydrogen-bond donors (Lipinski definition) is 1. The van der Waals surface area contributed by atoms with Gasteiger partial charge in [0.25, 0.3) is 5.56 Å². The summed E-state index contributed by atoms with van der Waals surface area (Å²) in [7, 11) is 0. The van der Waals surface area contributed by atoms with Crippen molar-refractivity contribution < 1.29 is 4.79 Å². The first kappa shape index (κ1) is 18.2. The van der Waals surface area contributed by atoms with Gasteiger partial charge in [-0.1, -0.05) is 35.9 Å². The molecule has 1 aromatic heterocycles. The summed E-state index contributed by atoms with van der Waals surface area (Å²) >= 11 is 5.99. The molecule has 1 heterocycles. The van der Waals surface area contributed by atoms with E-state index in [2.05, 4.69) is 5.32 Å². The molecule has 26 heavy (non-hydrogen) atoms. The summed E-state index contributed by atoms with van der Waals surface area (Å²) in [6.07, 6.45) is 0.207. The van der Waals surface area contributed by atoms with E-state index in [-0.39, 0.29) is 17.9 Å². The van der Waals surface area contributed by atoms with Crippen LogP contribution >= 0.6 is 11.6 Å². The lowest BCUT2D eigenvalue weighted by molar-refractivity contribution is -0.116. The van der Waals surface area contributed by atoms with Crippen LogP contribution in [0.1, 0.15) is 23.1 Å². The Balaban J connectivity index is 1.85. The van der Waals surface area contributed by atoms with E-state index in [9.17, 15) is 9.59 Å². The van der Waals surface area contributed by atoms with Crippen LogP contribution in [0.3, 0.4) is 0 Å². The molecular formula is C21H21ClN2O2. The number of amides is 1. The number of halogens is 1. The number of para-hydroxylation sites is 1. The zero-order valence-corrected chi connectivity index (χ0v) is 15.9. The minimum atomic E-state index is -0.149. The second kappa shape index (κ2) is 7.34.